The molecule has 0 atom stereocenters. The Morgan fingerprint density at radius 1 is 0.684 bits per heavy atom. The third-order valence-electron chi connectivity index (χ3n) is 6.56. The van der Waals surface area contributed by atoms with Gasteiger partial charge in [0.25, 0.3) is 0 Å². The van der Waals surface area contributed by atoms with Crippen LogP contribution in [0.25, 0.3) is 0 Å². The molecule has 5 saturated carbocycles. The molecule has 106 valence electrons. The molecule has 0 aromatic heterocycles. The van der Waals surface area contributed by atoms with Gasteiger partial charge in [-0.25, -0.2) is 0 Å². The largest absolute Gasteiger partial charge is 0.312 e. The molecule has 0 aromatic rings. The van der Waals surface area contributed by atoms with Gasteiger partial charge < -0.3 is 4.74 Å². The van der Waals surface area contributed by atoms with E-state index in [-0.39, 0.29) is 11.6 Å². The zero-order chi connectivity index (χ0) is 12.5. The van der Waals surface area contributed by atoms with E-state index in [2.05, 4.69) is 0 Å². The minimum absolute atomic E-state index is 0.356. The van der Waals surface area contributed by atoms with Gasteiger partial charge in [-0.3, -0.25) is 0 Å². The Hall–Kier alpha value is -0.120. The second kappa shape index (κ2) is 3.75. The zero-order valence-corrected chi connectivity index (χ0v) is 11.6. The first-order chi connectivity index (χ1) is 9.28. The number of hydrogen-bond acceptors (Lipinski definition) is 3. The van der Waals surface area contributed by atoms with E-state index in [1.807, 2.05) is 0 Å². The topological polar surface area (TPSA) is 27.7 Å². The van der Waals surface area contributed by atoms with Crippen LogP contribution in [0.5, 0.6) is 0 Å². The second-order valence-corrected chi connectivity index (χ2v) is 7.77. The third kappa shape index (κ3) is 1.50. The minimum Gasteiger partial charge on any atom is -0.312 e. The van der Waals surface area contributed by atoms with Crippen LogP contribution < -0.4 is 0 Å². The van der Waals surface area contributed by atoms with Gasteiger partial charge in [-0.05, 0) is 56.8 Å². The van der Waals surface area contributed by atoms with E-state index in [1.165, 1.54) is 51.4 Å². The molecule has 2 spiro atoms. The maximum Gasteiger partial charge on any atom is 0.210 e. The first-order valence-corrected chi connectivity index (χ1v) is 8.35. The molecular formula is C16H24O3. The van der Waals surface area contributed by atoms with Crippen molar-refractivity contribution in [2.75, 3.05) is 0 Å². The van der Waals surface area contributed by atoms with E-state index in [0.29, 0.717) is 11.8 Å². The van der Waals surface area contributed by atoms with E-state index < -0.39 is 0 Å². The Labute approximate surface area is 114 Å². The molecule has 0 unspecified atom stereocenters. The van der Waals surface area contributed by atoms with Gasteiger partial charge in [-0.15, -0.1) is 0 Å². The summed E-state index contributed by atoms with van der Waals surface area (Å²) in [5, 5.41) is 0. The van der Waals surface area contributed by atoms with Gasteiger partial charge in [-0.1, -0.05) is 6.42 Å². The van der Waals surface area contributed by atoms with Crippen molar-refractivity contribution in [3.05, 3.63) is 0 Å². The lowest BCUT2D eigenvalue weighted by atomic mass is 9.53. The highest BCUT2D eigenvalue weighted by Crippen LogP contribution is 2.63. The lowest BCUT2D eigenvalue weighted by molar-refractivity contribution is -0.390. The van der Waals surface area contributed by atoms with E-state index >= 15 is 0 Å². The van der Waals surface area contributed by atoms with E-state index in [1.54, 1.807) is 0 Å². The molecule has 6 fully saturated rings. The fourth-order valence-electron chi connectivity index (χ4n) is 5.89. The first-order valence-electron chi connectivity index (χ1n) is 8.35. The molecule has 6 aliphatic rings. The Morgan fingerprint density at radius 2 is 1.32 bits per heavy atom. The Morgan fingerprint density at radius 3 is 1.95 bits per heavy atom. The fourth-order valence-corrected chi connectivity index (χ4v) is 5.89. The molecule has 0 aromatic carbocycles. The van der Waals surface area contributed by atoms with Crippen molar-refractivity contribution in [3.8, 4) is 0 Å². The van der Waals surface area contributed by atoms with Gasteiger partial charge >= 0.3 is 0 Å². The van der Waals surface area contributed by atoms with Crippen LogP contribution in [0.15, 0.2) is 0 Å². The first kappa shape index (κ1) is 11.5. The zero-order valence-electron chi connectivity index (χ0n) is 11.6. The summed E-state index contributed by atoms with van der Waals surface area (Å²) < 4.78 is 6.61. The number of rotatable bonds is 0. The Balaban J connectivity index is 1.46. The van der Waals surface area contributed by atoms with Crippen LogP contribution in [-0.2, 0) is 14.5 Å². The van der Waals surface area contributed by atoms with E-state index in [4.69, 9.17) is 14.5 Å². The van der Waals surface area contributed by atoms with Crippen LogP contribution in [0.3, 0.4) is 0 Å². The van der Waals surface area contributed by atoms with Crippen molar-refractivity contribution in [3.63, 3.8) is 0 Å². The summed E-state index contributed by atoms with van der Waals surface area (Å²) in [4.78, 5) is 11.8. The molecule has 0 radical (unpaired) electrons. The molecule has 3 heteroatoms. The second-order valence-electron chi connectivity index (χ2n) is 7.77. The molecule has 6 rings (SSSR count). The average molecular weight is 264 g/mol. The van der Waals surface area contributed by atoms with Crippen molar-refractivity contribution < 1.29 is 14.5 Å². The molecule has 0 N–H and O–H groups in total. The third-order valence-corrected chi connectivity index (χ3v) is 6.56. The van der Waals surface area contributed by atoms with Crippen molar-refractivity contribution in [1.29, 1.82) is 0 Å². The monoisotopic (exact) mass is 264 g/mol. The van der Waals surface area contributed by atoms with Gasteiger partial charge in [-0.2, -0.15) is 9.78 Å². The number of hydrogen-bond donors (Lipinski definition) is 0. The van der Waals surface area contributed by atoms with Crippen molar-refractivity contribution in [1.82, 2.24) is 0 Å². The summed E-state index contributed by atoms with van der Waals surface area (Å²) in [5.41, 5.74) is 0. The van der Waals surface area contributed by atoms with E-state index in [0.717, 1.165) is 24.7 Å². The normalized spacial score (nSPS) is 54.3. The summed E-state index contributed by atoms with van der Waals surface area (Å²) in [6.45, 7) is 0. The van der Waals surface area contributed by atoms with Crippen LogP contribution in [-0.4, -0.2) is 11.6 Å². The minimum atomic E-state index is -0.381. The van der Waals surface area contributed by atoms with Gasteiger partial charge in [0.05, 0.1) is 0 Å². The van der Waals surface area contributed by atoms with Gasteiger partial charge in [0.15, 0.2) is 0 Å². The fraction of sp³-hybridized carbons (Fsp3) is 1.00. The van der Waals surface area contributed by atoms with E-state index in [9.17, 15) is 0 Å². The highest BCUT2D eigenvalue weighted by molar-refractivity contribution is 5.05. The molecule has 19 heavy (non-hydrogen) atoms. The lowest BCUT2D eigenvalue weighted by Gasteiger charge is -2.57. The molecule has 1 aliphatic heterocycles. The summed E-state index contributed by atoms with van der Waals surface area (Å²) >= 11 is 0. The highest BCUT2D eigenvalue weighted by atomic mass is 17.3. The van der Waals surface area contributed by atoms with Crippen molar-refractivity contribution >= 4 is 0 Å². The van der Waals surface area contributed by atoms with Gasteiger partial charge in [0.1, 0.15) is 0 Å². The highest BCUT2D eigenvalue weighted by Gasteiger charge is 2.66. The molecule has 3 nitrogen and oxygen atoms in total. The van der Waals surface area contributed by atoms with Crippen LogP contribution in [0.2, 0.25) is 0 Å². The number of ether oxygens (including phenoxy) is 1. The summed E-state index contributed by atoms with van der Waals surface area (Å²) in [6.07, 6.45) is 12.5. The Kier molecular flexibility index (Phi) is 2.27. The van der Waals surface area contributed by atoms with Crippen LogP contribution >= 0.6 is 0 Å². The van der Waals surface area contributed by atoms with Crippen LogP contribution in [0.1, 0.15) is 64.2 Å². The SMILES string of the molecule is C1CCC2(CC1)OOC1(O2)C2CC3CC(C2)CC1C3. The van der Waals surface area contributed by atoms with Gasteiger partial charge in [0, 0.05) is 24.7 Å². The van der Waals surface area contributed by atoms with Crippen molar-refractivity contribution in [2.24, 2.45) is 23.7 Å². The predicted octanol–water partition coefficient (Wildman–Crippen LogP) is 3.78. The standard InChI is InChI=1S/C16H24O3/c1-2-4-15(5-3-1)17-16(19-18-15)13-7-11-6-12(9-13)10-14(16)8-11/h11-14H,1-10H2. The van der Waals surface area contributed by atoms with Crippen LogP contribution in [0, 0.1) is 23.7 Å². The molecule has 0 amide bonds. The summed E-state index contributed by atoms with van der Waals surface area (Å²) in [7, 11) is 0. The molecule has 5 aliphatic carbocycles. The van der Waals surface area contributed by atoms with Crippen molar-refractivity contribution in [2.45, 2.75) is 75.8 Å². The molecular weight excluding hydrogens is 240 g/mol. The molecule has 1 heterocycles. The van der Waals surface area contributed by atoms with Crippen LogP contribution in [0.4, 0.5) is 0 Å². The van der Waals surface area contributed by atoms with Gasteiger partial charge in [0.2, 0.25) is 11.6 Å². The maximum atomic E-state index is 6.61. The molecule has 1 saturated heterocycles. The predicted molar refractivity (Wildman–Crippen MR) is 68.8 cm³/mol. The summed E-state index contributed by atoms with van der Waals surface area (Å²) in [6, 6.07) is 0. The summed E-state index contributed by atoms with van der Waals surface area (Å²) in [5.74, 6) is 2.36. The lowest BCUT2D eigenvalue weighted by Crippen LogP contribution is -2.59. The Bertz CT molecular complexity index is 357. The quantitative estimate of drug-likeness (QED) is 0.623. The maximum absolute atomic E-state index is 6.61. The average Bonchev–Trinajstić information content (AvgIpc) is 2.77. The molecule has 4 bridgehead atoms. The smallest absolute Gasteiger partial charge is 0.210 e.